The minimum atomic E-state index is 0. The van der Waals surface area contributed by atoms with E-state index in [0.29, 0.717) is 0 Å². The molecule has 4 aromatic rings. The Labute approximate surface area is 191 Å². The molecule has 0 saturated carbocycles. The van der Waals surface area contributed by atoms with Crippen molar-refractivity contribution < 1.29 is 21.1 Å². The maximum atomic E-state index is 4.54. The predicted octanol–water partition coefficient (Wildman–Crippen LogP) is 5.14. The summed E-state index contributed by atoms with van der Waals surface area (Å²) in [4.78, 5) is 13.1. The van der Waals surface area contributed by atoms with Gasteiger partial charge < -0.3 is 9.62 Å². The van der Waals surface area contributed by atoms with Crippen LogP contribution in [0.3, 0.4) is 0 Å². The van der Waals surface area contributed by atoms with Crippen LogP contribution in [0.1, 0.15) is 0 Å². The maximum absolute atomic E-state index is 4.54. The van der Waals surface area contributed by atoms with Gasteiger partial charge in [-0.1, -0.05) is 60.7 Å². The Kier molecular flexibility index (Phi) is 6.11. The summed E-state index contributed by atoms with van der Waals surface area (Å²) in [7, 11) is 1.99. The molecule has 1 aliphatic rings. The first-order chi connectivity index (χ1) is 14.4. The van der Waals surface area contributed by atoms with Gasteiger partial charge in [-0.05, 0) is 46.5 Å². The summed E-state index contributed by atoms with van der Waals surface area (Å²) in [5.41, 5.74) is 4.63. The molecule has 0 bridgehead atoms. The van der Waals surface area contributed by atoms with E-state index in [4.69, 9.17) is 0 Å². The van der Waals surface area contributed by atoms with Crippen LogP contribution in [-0.4, -0.2) is 17.5 Å². The van der Waals surface area contributed by atoms with Gasteiger partial charge >= 0.3 is 7.55 Å². The largest absolute Gasteiger partial charge is 0.402 e. The maximum Gasteiger partial charge on any atom is 0.402 e. The SMILES string of the molecule is [B]1N(c2cc(-c3ccccc3)ccn2)C=CN1c1cc(-c2ccccc2)ccn1.[Pt]. The van der Waals surface area contributed by atoms with Crippen molar-refractivity contribution in [3.8, 4) is 22.3 Å². The molecule has 147 valence electrons. The molecular formula is C24H18BN4Pt. The van der Waals surface area contributed by atoms with Gasteiger partial charge in [-0.2, -0.15) is 0 Å². The summed E-state index contributed by atoms with van der Waals surface area (Å²) in [5.74, 6) is 1.73. The first-order valence-corrected chi connectivity index (χ1v) is 9.50. The second kappa shape index (κ2) is 9.10. The molecule has 0 saturated heterocycles. The molecular weight excluding hydrogens is 550 g/mol. The molecule has 0 unspecified atom stereocenters. The van der Waals surface area contributed by atoms with Gasteiger partial charge in [-0.3, -0.25) is 0 Å². The van der Waals surface area contributed by atoms with Gasteiger partial charge in [0, 0.05) is 45.9 Å². The number of pyridine rings is 2. The summed E-state index contributed by atoms with van der Waals surface area (Å²) in [6.07, 6.45) is 7.68. The van der Waals surface area contributed by atoms with E-state index in [2.05, 4.69) is 46.4 Å². The van der Waals surface area contributed by atoms with Crippen molar-refractivity contribution in [2.45, 2.75) is 0 Å². The van der Waals surface area contributed by atoms with E-state index in [9.17, 15) is 0 Å². The van der Waals surface area contributed by atoms with Crippen LogP contribution in [0.5, 0.6) is 0 Å². The average Bonchev–Trinajstić information content (AvgIpc) is 3.31. The molecule has 2 aromatic heterocycles. The van der Waals surface area contributed by atoms with Gasteiger partial charge in [0.2, 0.25) is 0 Å². The van der Waals surface area contributed by atoms with E-state index in [1.807, 2.05) is 90.5 Å². The van der Waals surface area contributed by atoms with Crippen molar-refractivity contribution in [1.82, 2.24) is 9.97 Å². The first-order valence-electron chi connectivity index (χ1n) is 9.50. The summed E-state index contributed by atoms with van der Waals surface area (Å²) in [6.45, 7) is 0. The van der Waals surface area contributed by atoms with Crippen molar-refractivity contribution in [1.29, 1.82) is 0 Å². The smallest absolute Gasteiger partial charge is 0.358 e. The quantitative estimate of drug-likeness (QED) is 0.320. The predicted molar refractivity (Wildman–Crippen MR) is 119 cm³/mol. The zero-order valence-electron chi connectivity index (χ0n) is 16.1. The van der Waals surface area contributed by atoms with E-state index in [0.717, 1.165) is 22.8 Å². The first kappa shape index (κ1) is 20.1. The summed E-state index contributed by atoms with van der Waals surface area (Å²) < 4.78 is 0. The molecule has 0 fully saturated rings. The molecule has 2 aromatic carbocycles. The van der Waals surface area contributed by atoms with Crippen LogP contribution in [0.4, 0.5) is 11.6 Å². The number of hydrogen-bond donors (Lipinski definition) is 0. The van der Waals surface area contributed by atoms with Crippen molar-refractivity contribution in [2.75, 3.05) is 9.62 Å². The molecule has 30 heavy (non-hydrogen) atoms. The molecule has 0 atom stereocenters. The number of aromatic nitrogens is 2. The molecule has 5 rings (SSSR count). The van der Waals surface area contributed by atoms with Crippen molar-refractivity contribution >= 4 is 19.2 Å². The fraction of sp³-hybridized carbons (Fsp3) is 0. The normalized spacial score (nSPS) is 12.4. The number of anilines is 2. The van der Waals surface area contributed by atoms with E-state index < -0.39 is 0 Å². The van der Waals surface area contributed by atoms with Crippen LogP contribution in [0.2, 0.25) is 0 Å². The third-order valence-electron chi connectivity index (χ3n) is 4.87. The fourth-order valence-electron chi connectivity index (χ4n) is 3.37. The third-order valence-corrected chi connectivity index (χ3v) is 4.87. The number of benzene rings is 2. The molecule has 1 aliphatic heterocycles. The Morgan fingerprint density at radius 3 is 1.40 bits per heavy atom. The Morgan fingerprint density at radius 1 is 0.533 bits per heavy atom. The monoisotopic (exact) mass is 568 g/mol. The van der Waals surface area contributed by atoms with Gasteiger partial charge in [0.1, 0.15) is 11.6 Å². The second-order valence-corrected chi connectivity index (χ2v) is 6.77. The van der Waals surface area contributed by atoms with Gasteiger partial charge in [0.15, 0.2) is 0 Å². The molecule has 3 heterocycles. The Hall–Kier alpha value is -3.17. The second-order valence-electron chi connectivity index (χ2n) is 6.77. The Bertz CT molecular complexity index is 1060. The third kappa shape index (κ3) is 4.22. The van der Waals surface area contributed by atoms with Gasteiger partial charge in [0.05, 0.1) is 0 Å². The van der Waals surface area contributed by atoms with E-state index in [1.54, 1.807) is 0 Å². The Morgan fingerprint density at radius 2 is 0.967 bits per heavy atom. The van der Waals surface area contributed by atoms with E-state index >= 15 is 0 Å². The van der Waals surface area contributed by atoms with Crippen LogP contribution >= 0.6 is 0 Å². The zero-order chi connectivity index (χ0) is 19.5. The molecule has 0 amide bonds. The van der Waals surface area contributed by atoms with Crippen molar-refractivity contribution in [3.05, 3.63) is 110 Å². The van der Waals surface area contributed by atoms with E-state index in [-0.39, 0.29) is 21.1 Å². The molecule has 1 radical (unpaired) electrons. The summed E-state index contributed by atoms with van der Waals surface area (Å²) in [6, 6.07) is 28.9. The number of rotatable bonds is 4. The van der Waals surface area contributed by atoms with Gasteiger partial charge in [0.25, 0.3) is 0 Å². The standard InChI is InChI=1S/C24H18BN4.Pt/c1-3-7-19(8-4-1)21-11-13-26-23(17-21)28-15-16-29(25-28)24-18-22(12-14-27-24)20-9-5-2-6-10-20;/h1-18H;. The zero-order valence-corrected chi connectivity index (χ0v) is 18.3. The van der Waals surface area contributed by atoms with Gasteiger partial charge in [-0.15, -0.1) is 0 Å². The molecule has 0 spiro atoms. The minimum absolute atomic E-state index is 0. The average molecular weight is 568 g/mol. The van der Waals surface area contributed by atoms with Crippen LogP contribution in [-0.2, 0) is 21.1 Å². The molecule has 0 aliphatic carbocycles. The number of nitrogens with zero attached hydrogens (tertiary/aromatic N) is 4. The van der Waals surface area contributed by atoms with Crippen molar-refractivity contribution in [2.24, 2.45) is 0 Å². The van der Waals surface area contributed by atoms with Crippen LogP contribution in [0, 0.1) is 0 Å². The summed E-state index contributed by atoms with van der Waals surface area (Å²) >= 11 is 0. The Balaban J connectivity index is 0.00000218. The minimum Gasteiger partial charge on any atom is -0.358 e. The molecule has 0 N–H and O–H groups in total. The van der Waals surface area contributed by atoms with Crippen LogP contribution in [0.15, 0.2) is 110 Å². The van der Waals surface area contributed by atoms with Crippen molar-refractivity contribution in [3.63, 3.8) is 0 Å². The van der Waals surface area contributed by atoms with Gasteiger partial charge in [-0.25, -0.2) is 9.97 Å². The van der Waals surface area contributed by atoms with E-state index in [1.165, 1.54) is 11.1 Å². The fourth-order valence-corrected chi connectivity index (χ4v) is 3.37. The van der Waals surface area contributed by atoms with Crippen LogP contribution in [0.25, 0.3) is 22.3 Å². The molecule has 4 nitrogen and oxygen atoms in total. The van der Waals surface area contributed by atoms with Crippen LogP contribution < -0.4 is 9.62 Å². The number of hydrogen-bond acceptors (Lipinski definition) is 4. The topological polar surface area (TPSA) is 32.3 Å². The molecule has 6 heteroatoms. The summed E-state index contributed by atoms with van der Waals surface area (Å²) in [5, 5.41) is 0.